The van der Waals surface area contributed by atoms with Gasteiger partial charge in [0.1, 0.15) is 0 Å². The van der Waals surface area contributed by atoms with Crippen molar-refractivity contribution in [3.8, 4) is 0 Å². The highest BCUT2D eigenvalue weighted by Gasteiger charge is 2.14. The van der Waals surface area contributed by atoms with Gasteiger partial charge in [-0.25, -0.2) is 0 Å². The maximum atomic E-state index is 12.5. The Kier molecular flexibility index (Phi) is 7.59. The molecule has 0 spiro atoms. The lowest BCUT2D eigenvalue weighted by molar-refractivity contribution is -0.129. The molecular weight excluding hydrogens is 336 g/mol. The van der Waals surface area contributed by atoms with Crippen molar-refractivity contribution in [2.45, 2.75) is 53.5 Å². The SMILES string of the molecule is CCc1cccc(CC)c1NC(=O)CCN(Cc1cccc(C)c1)C(C)=O. The molecular formula is C23H30N2O2. The third-order valence-corrected chi connectivity index (χ3v) is 4.77. The summed E-state index contributed by atoms with van der Waals surface area (Å²) in [6.07, 6.45) is 2.03. The number of nitrogens with zero attached hydrogens (tertiary/aromatic N) is 1. The molecule has 0 aliphatic carbocycles. The average molecular weight is 367 g/mol. The lowest BCUT2D eigenvalue weighted by Crippen LogP contribution is -2.31. The van der Waals surface area contributed by atoms with Crippen molar-refractivity contribution >= 4 is 17.5 Å². The van der Waals surface area contributed by atoms with E-state index in [9.17, 15) is 9.59 Å². The number of aryl methyl sites for hydroxylation is 3. The van der Waals surface area contributed by atoms with Crippen LogP contribution in [0.5, 0.6) is 0 Å². The van der Waals surface area contributed by atoms with E-state index in [1.54, 1.807) is 11.8 Å². The average Bonchev–Trinajstić information content (AvgIpc) is 2.65. The van der Waals surface area contributed by atoms with E-state index in [1.165, 1.54) is 0 Å². The van der Waals surface area contributed by atoms with Crippen LogP contribution in [0.4, 0.5) is 5.69 Å². The summed E-state index contributed by atoms with van der Waals surface area (Å²) in [5, 5.41) is 3.07. The van der Waals surface area contributed by atoms with E-state index in [2.05, 4.69) is 25.2 Å². The van der Waals surface area contributed by atoms with Crippen LogP contribution in [0.2, 0.25) is 0 Å². The molecule has 4 nitrogen and oxygen atoms in total. The zero-order valence-corrected chi connectivity index (χ0v) is 16.8. The summed E-state index contributed by atoms with van der Waals surface area (Å²) in [5.41, 5.74) is 5.46. The number of amides is 2. The Balaban J connectivity index is 2.01. The highest BCUT2D eigenvalue weighted by molar-refractivity contribution is 5.92. The lowest BCUT2D eigenvalue weighted by Gasteiger charge is -2.21. The monoisotopic (exact) mass is 366 g/mol. The quantitative estimate of drug-likeness (QED) is 0.748. The number of hydrogen-bond acceptors (Lipinski definition) is 2. The van der Waals surface area contributed by atoms with Crippen LogP contribution in [0.3, 0.4) is 0 Å². The second-order valence-electron chi connectivity index (χ2n) is 6.89. The maximum Gasteiger partial charge on any atom is 0.226 e. The Hall–Kier alpha value is -2.62. The van der Waals surface area contributed by atoms with E-state index in [1.807, 2.05) is 43.3 Å². The van der Waals surface area contributed by atoms with Crippen molar-refractivity contribution in [1.82, 2.24) is 4.90 Å². The highest BCUT2D eigenvalue weighted by atomic mass is 16.2. The molecule has 0 saturated carbocycles. The first kappa shape index (κ1) is 20.7. The van der Waals surface area contributed by atoms with Crippen LogP contribution in [0.15, 0.2) is 42.5 Å². The normalized spacial score (nSPS) is 10.5. The molecule has 27 heavy (non-hydrogen) atoms. The molecule has 0 aromatic heterocycles. The maximum absolute atomic E-state index is 12.5. The van der Waals surface area contributed by atoms with Gasteiger partial charge in [-0.3, -0.25) is 9.59 Å². The van der Waals surface area contributed by atoms with Gasteiger partial charge in [0.25, 0.3) is 0 Å². The molecule has 0 fully saturated rings. The second kappa shape index (κ2) is 9.91. The summed E-state index contributed by atoms with van der Waals surface area (Å²) in [7, 11) is 0. The molecule has 1 N–H and O–H groups in total. The zero-order chi connectivity index (χ0) is 19.8. The van der Waals surface area contributed by atoms with Gasteiger partial charge in [0.05, 0.1) is 0 Å². The second-order valence-corrected chi connectivity index (χ2v) is 6.89. The molecule has 0 aliphatic heterocycles. The molecule has 2 amide bonds. The summed E-state index contributed by atoms with van der Waals surface area (Å²) >= 11 is 0. The molecule has 0 radical (unpaired) electrons. The van der Waals surface area contributed by atoms with E-state index in [4.69, 9.17) is 0 Å². The van der Waals surface area contributed by atoms with Gasteiger partial charge in [-0.15, -0.1) is 0 Å². The molecule has 2 rings (SSSR count). The standard InChI is InChI=1S/C23H30N2O2/c1-5-20-11-8-12-21(6-2)23(20)24-22(27)13-14-25(18(4)26)16-19-10-7-9-17(3)15-19/h7-12,15H,5-6,13-14,16H2,1-4H3,(H,24,27). The van der Waals surface area contributed by atoms with E-state index in [0.29, 0.717) is 13.1 Å². The van der Waals surface area contributed by atoms with Gasteiger partial charge in [0.2, 0.25) is 11.8 Å². The Morgan fingerprint density at radius 3 is 2.19 bits per heavy atom. The number of carbonyl (C=O) groups is 2. The summed E-state index contributed by atoms with van der Waals surface area (Å²) in [5.74, 6) is -0.0754. The van der Waals surface area contributed by atoms with Crippen LogP contribution in [-0.4, -0.2) is 23.3 Å². The van der Waals surface area contributed by atoms with Gasteiger partial charge < -0.3 is 10.2 Å². The van der Waals surface area contributed by atoms with Crippen molar-refractivity contribution in [2.75, 3.05) is 11.9 Å². The number of para-hydroxylation sites is 1. The molecule has 0 unspecified atom stereocenters. The van der Waals surface area contributed by atoms with Crippen molar-refractivity contribution < 1.29 is 9.59 Å². The first-order chi connectivity index (χ1) is 12.9. The van der Waals surface area contributed by atoms with Crippen molar-refractivity contribution in [3.63, 3.8) is 0 Å². The third kappa shape index (κ3) is 5.95. The molecule has 0 heterocycles. The van der Waals surface area contributed by atoms with Crippen LogP contribution < -0.4 is 5.32 Å². The van der Waals surface area contributed by atoms with Crippen LogP contribution in [0.1, 0.15) is 49.4 Å². The third-order valence-electron chi connectivity index (χ3n) is 4.77. The van der Waals surface area contributed by atoms with Crippen molar-refractivity contribution in [2.24, 2.45) is 0 Å². The minimum atomic E-state index is -0.0545. The van der Waals surface area contributed by atoms with E-state index in [0.717, 1.165) is 40.8 Å². The summed E-state index contributed by atoms with van der Waals surface area (Å²) < 4.78 is 0. The minimum absolute atomic E-state index is 0.0208. The fourth-order valence-corrected chi connectivity index (χ4v) is 3.22. The molecule has 2 aromatic rings. The Morgan fingerprint density at radius 2 is 1.63 bits per heavy atom. The van der Waals surface area contributed by atoms with Gasteiger partial charge in [0, 0.05) is 32.1 Å². The number of anilines is 1. The van der Waals surface area contributed by atoms with E-state index >= 15 is 0 Å². The lowest BCUT2D eigenvalue weighted by atomic mass is 10.0. The molecule has 0 aliphatic rings. The molecule has 144 valence electrons. The van der Waals surface area contributed by atoms with Gasteiger partial charge in [-0.1, -0.05) is 61.9 Å². The number of carbonyl (C=O) groups excluding carboxylic acids is 2. The number of hydrogen-bond donors (Lipinski definition) is 1. The molecule has 0 bridgehead atoms. The predicted octanol–water partition coefficient (Wildman–Crippen LogP) is 4.50. The number of nitrogens with one attached hydrogen (secondary N) is 1. The summed E-state index contributed by atoms with van der Waals surface area (Å²) in [4.78, 5) is 26.3. The first-order valence-electron chi connectivity index (χ1n) is 9.66. The minimum Gasteiger partial charge on any atom is -0.338 e. The van der Waals surface area contributed by atoms with Gasteiger partial charge >= 0.3 is 0 Å². The fourth-order valence-electron chi connectivity index (χ4n) is 3.22. The topological polar surface area (TPSA) is 49.4 Å². The van der Waals surface area contributed by atoms with Crippen LogP contribution >= 0.6 is 0 Å². The Labute approximate surface area is 162 Å². The van der Waals surface area contributed by atoms with Crippen molar-refractivity contribution in [3.05, 3.63) is 64.7 Å². The van der Waals surface area contributed by atoms with E-state index in [-0.39, 0.29) is 18.2 Å². The fraction of sp³-hybridized carbons (Fsp3) is 0.391. The van der Waals surface area contributed by atoms with Gasteiger partial charge in [0.15, 0.2) is 0 Å². The first-order valence-corrected chi connectivity index (χ1v) is 9.66. The predicted molar refractivity (Wildman–Crippen MR) is 111 cm³/mol. The van der Waals surface area contributed by atoms with Crippen LogP contribution in [0.25, 0.3) is 0 Å². The smallest absolute Gasteiger partial charge is 0.226 e. The van der Waals surface area contributed by atoms with E-state index < -0.39 is 0 Å². The molecule has 4 heteroatoms. The largest absolute Gasteiger partial charge is 0.338 e. The van der Waals surface area contributed by atoms with Gasteiger partial charge in [-0.2, -0.15) is 0 Å². The zero-order valence-electron chi connectivity index (χ0n) is 16.8. The number of rotatable bonds is 8. The summed E-state index contributed by atoms with van der Waals surface area (Å²) in [6, 6.07) is 14.2. The Bertz CT molecular complexity index is 776. The number of benzene rings is 2. The molecule has 0 saturated heterocycles. The summed E-state index contributed by atoms with van der Waals surface area (Å²) in [6.45, 7) is 8.69. The van der Waals surface area contributed by atoms with Crippen LogP contribution in [0, 0.1) is 6.92 Å². The van der Waals surface area contributed by atoms with Crippen molar-refractivity contribution in [1.29, 1.82) is 0 Å². The molecule has 2 aromatic carbocycles. The highest BCUT2D eigenvalue weighted by Crippen LogP contribution is 2.22. The van der Waals surface area contributed by atoms with Gasteiger partial charge in [-0.05, 0) is 36.5 Å². The van der Waals surface area contributed by atoms with Crippen LogP contribution in [-0.2, 0) is 29.0 Å². The molecule has 0 atom stereocenters. The Morgan fingerprint density at radius 1 is 1.00 bits per heavy atom.